The molecule has 8 rings (SSSR count). The van der Waals surface area contributed by atoms with E-state index in [4.69, 9.17) is 11.5 Å². The number of sulfone groups is 1. The third-order valence-electron chi connectivity index (χ3n) is 9.54. The summed E-state index contributed by atoms with van der Waals surface area (Å²) >= 11 is -1.21. The highest BCUT2D eigenvalue weighted by Gasteiger charge is 2.25. The SMILES string of the molecule is CC(C)(C)n1cc(-c2ccc(S(=O)(=O)c3ccccc3)cc2)c2c(N)ncnc21.CC(C)(C)n1cc(-c2ccc([S+]([O-])c3ccccc3)cc2)c2c(N)ncnc21. The fraction of sp³-hybridized carbons (Fsp3) is 0.182. The molecule has 4 N–H and O–H groups in total. The van der Waals surface area contributed by atoms with Crippen molar-refractivity contribution < 1.29 is 13.0 Å². The molecule has 0 saturated carbocycles. The van der Waals surface area contributed by atoms with Crippen molar-refractivity contribution in [3.63, 3.8) is 0 Å². The summed E-state index contributed by atoms with van der Waals surface area (Å²) in [6.45, 7) is 12.6. The molecular weight excluding hydrogens is 753 g/mol. The van der Waals surface area contributed by atoms with Crippen LogP contribution in [0.15, 0.2) is 154 Å². The van der Waals surface area contributed by atoms with E-state index in [-0.39, 0.29) is 20.9 Å². The molecule has 1 atom stereocenters. The standard InChI is InChI=1S/C22H22N4O2S.C22H22N4OS/c1-22(2,3)26-13-18(19-20(23)24-14-25-21(19)26)15-9-11-17(12-10-15)29(27,28)16-7-5-4-6-8-16;1-22(2,3)26-13-18(19-20(23)24-14-25-21(19)26)15-9-11-17(12-10-15)28(27)16-7-5-4-6-8-16/h4-14H,1-3H3,(H2,23,24,25);4-14H,1-3H3,(H2,23,24,25). The number of anilines is 2. The maximum atomic E-state index is 12.8. The molecule has 0 aliphatic rings. The number of aromatic nitrogens is 6. The van der Waals surface area contributed by atoms with Gasteiger partial charge in [0.2, 0.25) is 9.84 Å². The van der Waals surface area contributed by atoms with Crippen molar-refractivity contribution in [1.29, 1.82) is 0 Å². The van der Waals surface area contributed by atoms with Crippen LogP contribution in [0.3, 0.4) is 0 Å². The number of hydrogen-bond acceptors (Lipinski definition) is 9. The van der Waals surface area contributed by atoms with E-state index < -0.39 is 21.0 Å². The van der Waals surface area contributed by atoms with Crippen LogP contribution in [0.1, 0.15) is 41.5 Å². The number of hydrogen-bond donors (Lipinski definition) is 2. The highest BCUT2D eigenvalue weighted by molar-refractivity contribution is 7.91. The van der Waals surface area contributed by atoms with Crippen molar-refractivity contribution in [2.75, 3.05) is 11.5 Å². The minimum absolute atomic E-state index is 0.147. The Labute approximate surface area is 335 Å². The van der Waals surface area contributed by atoms with Crippen LogP contribution in [0.2, 0.25) is 0 Å². The van der Waals surface area contributed by atoms with E-state index in [1.165, 1.54) is 12.7 Å². The molecule has 0 radical (unpaired) electrons. The highest BCUT2D eigenvalue weighted by atomic mass is 32.2. The zero-order valence-electron chi connectivity index (χ0n) is 32.6. The first kappa shape index (κ1) is 39.2. The zero-order chi connectivity index (χ0) is 40.7. The van der Waals surface area contributed by atoms with Gasteiger partial charge in [0.15, 0.2) is 9.79 Å². The molecule has 0 fully saturated rings. The summed E-state index contributed by atoms with van der Waals surface area (Å²) in [5.41, 5.74) is 17.3. The molecule has 4 heterocycles. The van der Waals surface area contributed by atoms with Crippen molar-refractivity contribution in [3.8, 4) is 22.3 Å². The molecule has 13 heteroatoms. The van der Waals surface area contributed by atoms with Crippen molar-refractivity contribution in [3.05, 3.63) is 134 Å². The number of rotatable bonds is 6. The molecule has 11 nitrogen and oxygen atoms in total. The van der Waals surface area contributed by atoms with E-state index in [9.17, 15) is 13.0 Å². The predicted molar refractivity (Wildman–Crippen MR) is 228 cm³/mol. The van der Waals surface area contributed by atoms with E-state index >= 15 is 0 Å². The van der Waals surface area contributed by atoms with E-state index in [0.717, 1.165) is 54.1 Å². The molecule has 0 amide bonds. The first-order chi connectivity index (χ1) is 27.1. The van der Waals surface area contributed by atoms with Crippen LogP contribution in [0.5, 0.6) is 0 Å². The fourth-order valence-electron chi connectivity index (χ4n) is 6.62. The maximum Gasteiger partial charge on any atom is 0.206 e. The van der Waals surface area contributed by atoms with Gasteiger partial charge in [-0.05, 0) is 113 Å². The molecule has 0 aliphatic heterocycles. The van der Waals surface area contributed by atoms with E-state index in [1.807, 2.05) is 60.8 Å². The monoisotopic (exact) mass is 796 g/mol. The Morgan fingerprint density at radius 3 is 1.37 bits per heavy atom. The van der Waals surface area contributed by atoms with Crippen LogP contribution >= 0.6 is 0 Å². The lowest BCUT2D eigenvalue weighted by atomic mass is 10.1. The summed E-state index contributed by atoms with van der Waals surface area (Å²) in [5, 5.41) is 1.61. The Bertz CT molecular complexity index is 2790. The van der Waals surface area contributed by atoms with Gasteiger partial charge >= 0.3 is 0 Å². The molecule has 0 spiro atoms. The fourth-order valence-corrected chi connectivity index (χ4v) is 8.96. The Morgan fingerprint density at radius 2 is 0.930 bits per heavy atom. The van der Waals surface area contributed by atoms with Gasteiger partial charge in [-0.25, -0.2) is 28.4 Å². The molecule has 4 aromatic carbocycles. The topological polar surface area (TPSA) is 171 Å². The lowest BCUT2D eigenvalue weighted by Gasteiger charge is -2.21. The Morgan fingerprint density at radius 1 is 0.544 bits per heavy atom. The highest BCUT2D eigenvalue weighted by Crippen LogP contribution is 2.38. The summed E-state index contributed by atoms with van der Waals surface area (Å²) < 4.78 is 42.6. The second-order valence-electron chi connectivity index (χ2n) is 15.5. The van der Waals surface area contributed by atoms with E-state index in [1.54, 1.807) is 54.6 Å². The van der Waals surface area contributed by atoms with Crippen LogP contribution in [-0.2, 0) is 32.1 Å². The van der Waals surface area contributed by atoms with Crippen molar-refractivity contribution >= 4 is 54.7 Å². The van der Waals surface area contributed by atoms with Crippen molar-refractivity contribution in [2.45, 2.75) is 72.2 Å². The molecule has 57 heavy (non-hydrogen) atoms. The van der Waals surface area contributed by atoms with Crippen LogP contribution in [0.25, 0.3) is 44.3 Å². The minimum atomic E-state index is -3.56. The second-order valence-corrected chi connectivity index (χ2v) is 19.0. The number of benzene rings is 4. The Hall–Kier alpha value is -6.02. The van der Waals surface area contributed by atoms with Gasteiger partial charge in [0.25, 0.3) is 0 Å². The van der Waals surface area contributed by atoms with Gasteiger partial charge in [-0.1, -0.05) is 48.5 Å². The van der Waals surface area contributed by atoms with Crippen LogP contribution in [-0.4, -0.2) is 42.0 Å². The summed E-state index contributed by atoms with van der Waals surface area (Å²) in [6, 6.07) is 32.5. The third-order valence-corrected chi connectivity index (χ3v) is 12.7. The van der Waals surface area contributed by atoms with Gasteiger partial charge in [-0.2, -0.15) is 0 Å². The number of fused-ring (bicyclic) bond motifs is 2. The van der Waals surface area contributed by atoms with E-state index in [2.05, 4.69) is 76.8 Å². The first-order valence-electron chi connectivity index (χ1n) is 18.3. The number of nitrogen functional groups attached to an aromatic ring is 2. The van der Waals surface area contributed by atoms with E-state index in [0.29, 0.717) is 11.6 Å². The number of nitrogens with zero attached hydrogens (tertiary/aromatic N) is 6. The summed E-state index contributed by atoms with van der Waals surface area (Å²) in [7, 11) is -3.56. The molecular formula is C44H44N8O3S2. The van der Waals surface area contributed by atoms with Gasteiger partial charge in [0.05, 0.1) is 20.6 Å². The van der Waals surface area contributed by atoms with Crippen LogP contribution < -0.4 is 11.5 Å². The quantitative estimate of drug-likeness (QED) is 0.156. The lowest BCUT2D eigenvalue weighted by Crippen LogP contribution is -2.21. The minimum Gasteiger partial charge on any atom is -0.606 e. The number of nitrogens with two attached hydrogens (primary N) is 2. The summed E-state index contributed by atoms with van der Waals surface area (Å²) in [4.78, 5) is 19.3. The normalized spacial score (nSPS) is 12.7. The van der Waals surface area contributed by atoms with Gasteiger partial charge in [-0.3, -0.25) is 0 Å². The Balaban J connectivity index is 0.000000174. The molecule has 0 saturated heterocycles. The molecule has 0 aliphatic carbocycles. The predicted octanol–water partition coefficient (Wildman–Crippen LogP) is 8.87. The van der Waals surface area contributed by atoms with Gasteiger partial charge < -0.3 is 25.2 Å². The average molecular weight is 797 g/mol. The Kier molecular flexibility index (Phi) is 10.4. The van der Waals surface area contributed by atoms with Gasteiger partial charge in [0.1, 0.15) is 35.6 Å². The zero-order valence-corrected chi connectivity index (χ0v) is 34.2. The molecule has 8 aromatic rings. The van der Waals surface area contributed by atoms with Crippen molar-refractivity contribution in [2.24, 2.45) is 0 Å². The van der Waals surface area contributed by atoms with Crippen molar-refractivity contribution in [1.82, 2.24) is 29.1 Å². The first-order valence-corrected chi connectivity index (χ1v) is 20.9. The van der Waals surface area contributed by atoms with Gasteiger partial charge in [-0.15, -0.1) is 0 Å². The van der Waals surface area contributed by atoms with Gasteiger partial charge in [0, 0.05) is 45.8 Å². The lowest BCUT2D eigenvalue weighted by molar-refractivity contribution is 0.408. The summed E-state index contributed by atoms with van der Waals surface area (Å²) in [6.07, 6.45) is 7.02. The molecule has 0 bridgehead atoms. The summed E-state index contributed by atoms with van der Waals surface area (Å²) in [5.74, 6) is 0.855. The smallest absolute Gasteiger partial charge is 0.206 e. The van der Waals surface area contributed by atoms with Crippen LogP contribution in [0.4, 0.5) is 11.6 Å². The maximum absolute atomic E-state index is 12.8. The van der Waals surface area contributed by atoms with Crippen LogP contribution in [0, 0.1) is 0 Å². The average Bonchev–Trinajstić information content (AvgIpc) is 3.81. The third kappa shape index (κ3) is 7.73. The second kappa shape index (κ2) is 15.1. The molecule has 1 unspecified atom stereocenters. The molecule has 290 valence electrons. The largest absolute Gasteiger partial charge is 0.606 e. The molecule has 4 aromatic heterocycles.